The van der Waals surface area contributed by atoms with Crippen LogP contribution in [0.4, 0.5) is 13.2 Å². The highest BCUT2D eigenvalue weighted by Crippen LogP contribution is 2.21. The lowest BCUT2D eigenvalue weighted by atomic mass is 10.1. The van der Waals surface area contributed by atoms with Gasteiger partial charge in [-0.25, -0.2) is 13.2 Å². The summed E-state index contributed by atoms with van der Waals surface area (Å²) in [5.41, 5.74) is -0.732. The predicted octanol–water partition coefficient (Wildman–Crippen LogP) is 2.77. The van der Waals surface area contributed by atoms with Gasteiger partial charge in [0.25, 0.3) is 0 Å². The molecule has 1 aromatic rings. The first-order chi connectivity index (χ1) is 6.07. The van der Waals surface area contributed by atoms with Crippen LogP contribution in [-0.2, 0) is 0 Å². The molecule has 0 saturated heterocycles. The Labute approximate surface area is 77.1 Å². The van der Waals surface area contributed by atoms with Crippen molar-refractivity contribution in [2.75, 3.05) is 6.67 Å². The Balaban J connectivity index is 3.33. The highest BCUT2D eigenvalue weighted by Gasteiger charge is 2.18. The van der Waals surface area contributed by atoms with Crippen molar-refractivity contribution in [3.8, 4) is 0 Å². The Hall–Kier alpha value is -1.03. The zero-order valence-corrected chi connectivity index (χ0v) is 7.04. The highest BCUT2D eigenvalue weighted by molar-refractivity contribution is 6.34. The topological polar surface area (TPSA) is 17.1 Å². The fourth-order valence-corrected chi connectivity index (χ4v) is 1.10. The number of benzene rings is 1. The standard InChI is InChI=1S/C8H4ClF3O/c9-4-1-2-5(11)8(12)7(4)6(13)3-10/h1-2H,3H2. The largest absolute Gasteiger partial charge is 0.291 e. The Bertz CT molecular complexity index is 351. The maximum atomic E-state index is 12.9. The van der Waals surface area contributed by atoms with E-state index in [4.69, 9.17) is 11.6 Å². The van der Waals surface area contributed by atoms with Gasteiger partial charge in [0.2, 0.25) is 0 Å². The van der Waals surface area contributed by atoms with Crippen LogP contribution >= 0.6 is 11.6 Å². The summed E-state index contributed by atoms with van der Waals surface area (Å²) in [6.45, 7) is -1.40. The Kier molecular flexibility index (Phi) is 2.93. The van der Waals surface area contributed by atoms with Gasteiger partial charge >= 0.3 is 0 Å². The molecule has 0 fully saturated rings. The normalized spacial score (nSPS) is 10.2. The van der Waals surface area contributed by atoms with Crippen molar-refractivity contribution in [2.24, 2.45) is 0 Å². The van der Waals surface area contributed by atoms with E-state index >= 15 is 0 Å². The number of hydrogen-bond acceptors (Lipinski definition) is 1. The molecule has 0 spiro atoms. The third kappa shape index (κ3) is 1.83. The van der Waals surface area contributed by atoms with E-state index in [1.165, 1.54) is 0 Å². The molecule has 5 heteroatoms. The molecule has 13 heavy (non-hydrogen) atoms. The van der Waals surface area contributed by atoms with Gasteiger partial charge in [0, 0.05) is 0 Å². The molecular formula is C8H4ClF3O. The van der Waals surface area contributed by atoms with Gasteiger partial charge in [-0.15, -0.1) is 0 Å². The summed E-state index contributed by atoms with van der Waals surface area (Å²) in [6, 6.07) is 1.77. The van der Waals surface area contributed by atoms with Gasteiger partial charge in [0.15, 0.2) is 24.1 Å². The lowest BCUT2D eigenvalue weighted by molar-refractivity contribution is 0.0954. The molecule has 0 saturated carbocycles. The number of carbonyl (C=O) groups is 1. The van der Waals surface area contributed by atoms with Crippen LogP contribution in [0.1, 0.15) is 10.4 Å². The van der Waals surface area contributed by atoms with Crippen molar-refractivity contribution in [1.29, 1.82) is 0 Å². The molecule has 0 amide bonds. The number of ketones is 1. The van der Waals surface area contributed by atoms with Crippen molar-refractivity contribution in [3.63, 3.8) is 0 Å². The first-order valence-corrected chi connectivity index (χ1v) is 3.68. The van der Waals surface area contributed by atoms with E-state index in [9.17, 15) is 18.0 Å². The monoisotopic (exact) mass is 208 g/mol. The average Bonchev–Trinajstić information content (AvgIpc) is 2.12. The SMILES string of the molecule is O=C(CF)c1c(Cl)ccc(F)c1F. The molecule has 1 rings (SSSR count). The maximum Gasteiger partial charge on any atom is 0.198 e. The Morgan fingerprint density at radius 1 is 1.38 bits per heavy atom. The maximum absolute atomic E-state index is 12.9. The fourth-order valence-electron chi connectivity index (χ4n) is 0.849. The lowest BCUT2D eigenvalue weighted by Crippen LogP contribution is -2.06. The molecule has 70 valence electrons. The lowest BCUT2D eigenvalue weighted by Gasteiger charge is -2.02. The second-order valence-corrected chi connectivity index (χ2v) is 2.68. The molecule has 0 heterocycles. The van der Waals surface area contributed by atoms with E-state index in [1.54, 1.807) is 0 Å². The average molecular weight is 209 g/mol. The fraction of sp³-hybridized carbons (Fsp3) is 0.125. The molecule has 0 atom stereocenters. The van der Waals surface area contributed by atoms with Crippen LogP contribution in [0, 0.1) is 11.6 Å². The third-order valence-electron chi connectivity index (χ3n) is 1.44. The van der Waals surface area contributed by atoms with E-state index in [1.807, 2.05) is 0 Å². The van der Waals surface area contributed by atoms with E-state index < -0.39 is 29.7 Å². The van der Waals surface area contributed by atoms with Crippen LogP contribution in [0.25, 0.3) is 0 Å². The zero-order chi connectivity index (χ0) is 10.0. The molecule has 0 bridgehead atoms. The van der Waals surface area contributed by atoms with Gasteiger partial charge < -0.3 is 0 Å². The molecule has 0 aliphatic rings. The van der Waals surface area contributed by atoms with Crippen LogP contribution < -0.4 is 0 Å². The minimum atomic E-state index is -1.41. The summed E-state index contributed by atoms with van der Waals surface area (Å²) in [6.07, 6.45) is 0. The van der Waals surface area contributed by atoms with Crippen molar-refractivity contribution in [1.82, 2.24) is 0 Å². The third-order valence-corrected chi connectivity index (χ3v) is 1.76. The zero-order valence-electron chi connectivity index (χ0n) is 6.28. The summed E-state index contributed by atoms with van der Waals surface area (Å²) in [4.78, 5) is 10.7. The number of hydrogen-bond donors (Lipinski definition) is 0. The molecule has 0 N–H and O–H groups in total. The van der Waals surface area contributed by atoms with Crippen molar-refractivity contribution in [3.05, 3.63) is 34.4 Å². The summed E-state index contributed by atoms with van der Waals surface area (Å²) in [5, 5.41) is -0.290. The molecule has 0 unspecified atom stereocenters. The number of Topliss-reactive ketones (excluding diaryl/α,β-unsaturated/α-hetero) is 1. The molecule has 1 aromatic carbocycles. The Morgan fingerprint density at radius 2 is 2.00 bits per heavy atom. The molecule has 0 aliphatic carbocycles. The van der Waals surface area contributed by atoms with Gasteiger partial charge in [-0.05, 0) is 12.1 Å². The van der Waals surface area contributed by atoms with Crippen LogP contribution in [-0.4, -0.2) is 12.5 Å². The minimum absolute atomic E-state index is 0.290. The van der Waals surface area contributed by atoms with Crippen molar-refractivity contribution in [2.45, 2.75) is 0 Å². The second-order valence-electron chi connectivity index (χ2n) is 2.27. The predicted molar refractivity (Wildman–Crippen MR) is 41.7 cm³/mol. The van der Waals surface area contributed by atoms with Gasteiger partial charge in [-0.2, -0.15) is 0 Å². The first kappa shape index (κ1) is 10.1. The number of rotatable bonds is 2. The second kappa shape index (κ2) is 3.79. The smallest absolute Gasteiger partial charge is 0.198 e. The number of carbonyl (C=O) groups excluding carboxylic acids is 1. The van der Waals surface area contributed by atoms with Crippen LogP contribution in [0.15, 0.2) is 12.1 Å². The van der Waals surface area contributed by atoms with E-state index in [0.29, 0.717) is 0 Å². The number of halogens is 4. The van der Waals surface area contributed by atoms with Crippen molar-refractivity contribution < 1.29 is 18.0 Å². The highest BCUT2D eigenvalue weighted by atomic mass is 35.5. The first-order valence-electron chi connectivity index (χ1n) is 3.30. The summed E-state index contributed by atoms with van der Waals surface area (Å²) in [5.74, 6) is -3.79. The summed E-state index contributed by atoms with van der Waals surface area (Å²) < 4.78 is 37.3. The van der Waals surface area contributed by atoms with E-state index in [2.05, 4.69) is 0 Å². The number of alkyl halides is 1. The summed E-state index contributed by atoms with van der Waals surface area (Å²) in [7, 11) is 0. The molecular weight excluding hydrogens is 205 g/mol. The molecule has 0 radical (unpaired) electrons. The summed E-state index contributed by atoms with van der Waals surface area (Å²) >= 11 is 5.38. The molecule has 0 aliphatic heterocycles. The van der Waals surface area contributed by atoms with E-state index in [-0.39, 0.29) is 5.02 Å². The molecule has 0 aromatic heterocycles. The van der Waals surface area contributed by atoms with Crippen LogP contribution in [0.3, 0.4) is 0 Å². The quantitative estimate of drug-likeness (QED) is 0.540. The van der Waals surface area contributed by atoms with E-state index in [0.717, 1.165) is 12.1 Å². The Morgan fingerprint density at radius 3 is 2.54 bits per heavy atom. The van der Waals surface area contributed by atoms with Gasteiger partial charge in [-0.1, -0.05) is 11.6 Å². The minimum Gasteiger partial charge on any atom is -0.291 e. The molecule has 1 nitrogen and oxygen atoms in total. The van der Waals surface area contributed by atoms with Crippen LogP contribution in [0.5, 0.6) is 0 Å². The van der Waals surface area contributed by atoms with Gasteiger partial charge in [0.1, 0.15) is 0 Å². The van der Waals surface area contributed by atoms with Crippen LogP contribution in [0.2, 0.25) is 5.02 Å². The van der Waals surface area contributed by atoms with Gasteiger partial charge in [0.05, 0.1) is 10.6 Å². The van der Waals surface area contributed by atoms with Crippen molar-refractivity contribution >= 4 is 17.4 Å². The van der Waals surface area contributed by atoms with Gasteiger partial charge in [-0.3, -0.25) is 4.79 Å².